The average Bonchev–Trinajstić information content (AvgIpc) is 4.23. The second-order valence-electron chi connectivity index (χ2n) is 21.1. The van der Waals surface area contributed by atoms with E-state index < -0.39 is 47.2 Å². The van der Waals surface area contributed by atoms with Gasteiger partial charge in [-0.3, -0.25) is 34.0 Å². The first-order chi connectivity index (χ1) is 35.5. The predicted octanol–water partition coefficient (Wildman–Crippen LogP) is 7.24. The lowest BCUT2D eigenvalue weighted by molar-refractivity contribution is -0.140. The van der Waals surface area contributed by atoms with Crippen molar-refractivity contribution in [1.82, 2.24) is 44.5 Å². The number of benzene rings is 1. The Labute approximate surface area is 433 Å². The molecule has 1 N–H and O–H groups in total. The number of pyridine rings is 1. The second-order valence-corrected chi connectivity index (χ2v) is 22.0. The Morgan fingerprint density at radius 1 is 0.892 bits per heavy atom. The summed E-state index contributed by atoms with van der Waals surface area (Å²) in [5, 5.41) is 9.41. The Kier molecular flexibility index (Phi) is 16.1. The van der Waals surface area contributed by atoms with E-state index in [9.17, 15) is 32.8 Å². The van der Waals surface area contributed by atoms with Crippen molar-refractivity contribution < 1.29 is 51.5 Å². The number of carbonyl (C=O) groups is 5. The Morgan fingerprint density at radius 2 is 1.62 bits per heavy atom. The number of hydrogen-bond acceptors (Lipinski definition) is 13. The largest absolute Gasteiger partial charge is 0.489 e. The molecule has 0 radical (unpaired) electrons. The molecule has 1 aromatic carbocycles. The minimum Gasteiger partial charge on any atom is -0.489 e. The summed E-state index contributed by atoms with van der Waals surface area (Å²) in [7, 11) is 1.48. The fourth-order valence-electron chi connectivity index (χ4n) is 10.6. The Morgan fingerprint density at radius 3 is 2.36 bits per heavy atom. The second kappa shape index (κ2) is 22.6. The number of likely N-dealkylation sites (N-methyl/N-ethyl adjacent to an activating group) is 1. The van der Waals surface area contributed by atoms with Gasteiger partial charge in [0.25, 0.3) is 11.8 Å². The number of piperazine rings is 1. The van der Waals surface area contributed by atoms with Gasteiger partial charge in [0, 0.05) is 76.6 Å². The summed E-state index contributed by atoms with van der Waals surface area (Å²) in [4.78, 5) is 82.3. The molecular weight excluding hydrogens is 977 g/mol. The van der Waals surface area contributed by atoms with Crippen molar-refractivity contribution in [2.75, 3.05) is 59.5 Å². The molecule has 9 rings (SSSR count). The number of halogens is 2. The molecule has 21 heteroatoms. The molecule has 1 saturated carbocycles. The highest BCUT2D eigenvalue weighted by molar-refractivity contribution is 7.17. The van der Waals surface area contributed by atoms with Crippen molar-refractivity contribution >= 4 is 62.2 Å². The van der Waals surface area contributed by atoms with Crippen LogP contribution in [0.1, 0.15) is 102 Å². The summed E-state index contributed by atoms with van der Waals surface area (Å²) >= 11 is 1.63. The lowest BCUT2D eigenvalue weighted by Crippen LogP contribution is -2.60. The Balaban J connectivity index is 0.802. The Hall–Kier alpha value is -6.35. The van der Waals surface area contributed by atoms with Gasteiger partial charge in [-0.2, -0.15) is 0 Å². The van der Waals surface area contributed by atoms with Gasteiger partial charge >= 0.3 is 6.09 Å². The van der Waals surface area contributed by atoms with Crippen LogP contribution in [0.15, 0.2) is 52.5 Å². The number of thiophene rings is 1. The third-order valence-corrected chi connectivity index (χ3v) is 15.8. The standard InChI is InChI=1S/C53H67F2N9O9S/c1-33(59(5)52(69)72-53(2,3)4)49(66)57-47(34-10-7-6-8-11-34)51(68)62-23-21-61(22-24-62)50(67)43-27-35-26-39(54)40(55)29-42(35)64(43)31-46(65)63-18-9-12-36(63)32-70-45-28-38(73-58-45)30-60-19-14-37(15-20-60)71-44-13-17-56-41-16-25-74-48(41)44/h13,16-17,25-29,33-34,36-37,47H,6-12,14-15,18-24,30-32H2,1-5H3,(H,57,66)/t33-,36-,47-/m0/s1. The fourth-order valence-corrected chi connectivity index (χ4v) is 11.4. The van der Waals surface area contributed by atoms with Gasteiger partial charge in [-0.25, -0.2) is 13.6 Å². The molecule has 4 fully saturated rings. The van der Waals surface area contributed by atoms with Crippen LogP contribution < -0.4 is 14.8 Å². The molecule has 5 amide bonds. The lowest BCUT2D eigenvalue weighted by Gasteiger charge is -2.39. The zero-order valence-electron chi connectivity index (χ0n) is 42.9. The lowest BCUT2D eigenvalue weighted by atomic mass is 9.83. The number of amides is 5. The molecule has 3 saturated heterocycles. The highest BCUT2D eigenvalue weighted by Gasteiger charge is 2.39. The summed E-state index contributed by atoms with van der Waals surface area (Å²) < 4.78 is 55.6. The van der Waals surface area contributed by atoms with E-state index >= 15 is 0 Å². The van der Waals surface area contributed by atoms with E-state index in [2.05, 4.69) is 20.4 Å². The van der Waals surface area contributed by atoms with Crippen LogP contribution in [0.4, 0.5) is 13.6 Å². The van der Waals surface area contributed by atoms with Crippen molar-refractivity contribution in [2.24, 2.45) is 5.92 Å². The molecule has 74 heavy (non-hydrogen) atoms. The van der Waals surface area contributed by atoms with Crippen LogP contribution in [0, 0.1) is 17.6 Å². The van der Waals surface area contributed by atoms with Gasteiger partial charge < -0.3 is 43.3 Å². The van der Waals surface area contributed by atoms with Crippen molar-refractivity contribution in [1.29, 1.82) is 0 Å². The van der Waals surface area contributed by atoms with E-state index in [1.54, 1.807) is 66.0 Å². The quantitative estimate of drug-likeness (QED) is 0.111. The van der Waals surface area contributed by atoms with Crippen molar-refractivity contribution in [3.63, 3.8) is 0 Å². The molecule has 4 aromatic heterocycles. The smallest absolute Gasteiger partial charge is 0.410 e. The van der Waals surface area contributed by atoms with Crippen LogP contribution in [0.25, 0.3) is 21.1 Å². The summed E-state index contributed by atoms with van der Waals surface area (Å²) in [5.41, 5.74) is 0.460. The van der Waals surface area contributed by atoms with Crippen LogP contribution in [0.2, 0.25) is 0 Å². The molecule has 5 aromatic rings. The van der Waals surface area contributed by atoms with Gasteiger partial charge in [-0.1, -0.05) is 19.3 Å². The molecule has 7 heterocycles. The van der Waals surface area contributed by atoms with E-state index in [-0.39, 0.29) is 85.8 Å². The maximum atomic E-state index is 14.9. The van der Waals surface area contributed by atoms with Gasteiger partial charge in [0.15, 0.2) is 17.4 Å². The molecule has 0 bridgehead atoms. The summed E-state index contributed by atoms with van der Waals surface area (Å²) in [5.74, 6) is -1.97. The van der Waals surface area contributed by atoms with Gasteiger partial charge in [0.1, 0.15) is 48.4 Å². The highest BCUT2D eigenvalue weighted by Crippen LogP contribution is 2.33. The number of piperidine rings is 1. The van der Waals surface area contributed by atoms with Crippen LogP contribution in [-0.2, 0) is 32.2 Å². The third kappa shape index (κ3) is 12.1. The van der Waals surface area contributed by atoms with E-state index in [0.717, 1.165) is 92.6 Å². The fraction of sp³-hybridized carbons (Fsp3) is 0.566. The first-order valence-corrected chi connectivity index (χ1v) is 26.8. The van der Waals surface area contributed by atoms with Crippen molar-refractivity contribution in [3.05, 3.63) is 71.1 Å². The number of nitrogens with zero attached hydrogens (tertiary/aromatic N) is 8. The summed E-state index contributed by atoms with van der Waals surface area (Å²) in [6.45, 7) is 9.92. The van der Waals surface area contributed by atoms with E-state index in [1.165, 1.54) is 22.6 Å². The van der Waals surface area contributed by atoms with Crippen molar-refractivity contribution in [2.45, 2.75) is 128 Å². The van der Waals surface area contributed by atoms with Crippen LogP contribution >= 0.6 is 11.3 Å². The van der Waals surface area contributed by atoms with E-state index in [4.69, 9.17) is 18.7 Å². The Bertz CT molecular complexity index is 2830. The van der Waals surface area contributed by atoms with Gasteiger partial charge in [-0.05, 0) is 107 Å². The van der Waals surface area contributed by atoms with Crippen LogP contribution in [0.3, 0.4) is 0 Å². The molecule has 0 spiro atoms. The zero-order valence-corrected chi connectivity index (χ0v) is 43.7. The molecular formula is C53H67F2N9O9S. The number of rotatable bonds is 15. The van der Waals surface area contributed by atoms with Gasteiger partial charge in [0.05, 0.1) is 28.3 Å². The number of nitrogens with one attached hydrogen (secondary N) is 1. The third-order valence-electron chi connectivity index (χ3n) is 14.8. The predicted molar refractivity (Wildman–Crippen MR) is 272 cm³/mol. The molecule has 1 aliphatic carbocycles. The molecule has 398 valence electrons. The topological polar surface area (TPSA) is 185 Å². The van der Waals surface area contributed by atoms with E-state index in [1.807, 2.05) is 17.5 Å². The molecule has 3 aliphatic heterocycles. The van der Waals surface area contributed by atoms with Crippen molar-refractivity contribution in [3.8, 4) is 11.6 Å². The number of likely N-dealkylation sites (tertiary alicyclic amines) is 2. The maximum absolute atomic E-state index is 14.9. The molecule has 18 nitrogen and oxygen atoms in total. The van der Waals surface area contributed by atoms with Gasteiger partial charge in [0.2, 0.25) is 17.7 Å². The highest BCUT2D eigenvalue weighted by atomic mass is 32.1. The molecule has 0 unspecified atom stereocenters. The average molecular weight is 1040 g/mol. The first kappa shape index (κ1) is 52.5. The number of ether oxygens (including phenoxy) is 3. The maximum Gasteiger partial charge on any atom is 0.410 e. The number of carbonyl (C=O) groups excluding carboxylic acids is 5. The summed E-state index contributed by atoms with van der Waals surface area (Å²) in [6, 6.07) is 7.13. The van der Waals surface area contributed by atoms with Gasteiger partial charge in [-0.15, -0.1) is 11.3 Å². The first-order valence-electron chi connectivity index (χ1n) is 25.9. The summed E-state index contributed by atoms with van der Waals surface area (Å²) in [6.07, 6.45) is 8.73. The van der Waals surface area contributed by atoms with Crippen LogP contribution in [0.5, 0.6) is 11.6 Å². The SMILES string of the molecule is C[C@@H](C(=O)N[C@H](C(=O)N1CCN(C(=O)c2cc3cc(F)c(F)cc3n2CC(=O)N2CCC[C@H]2COc2cc(CN3CCC(Oc4ccnc5ccsc45)CC3)on2)CC1)C1CCCCC1)N(C)C(=O)OC(C)(C)C. The molecule has 4 aliphatic rings. The van der Waals surface area contributed by atoms with Crippen LogP contribution in [-0.4, -0.2) is 158 Å². The monoisotopic (exact) mass is 1040 g/mol. The normalized spacial score (nSPS) is 19.2. The van der Waals surface area contributed by atoms with E-state index in [0.29, 0.717) is 31.2 Å². The number of fused-ring (bicyclic) bond motifs is 2. The zero-order chi connectivity index (χ0) is 52.3. The minimum atomic E-state index is -1.11. The minimum absolute atomic E-state index is 0.0843. The molecule has 3 atom stereocenters. The number of aromatic nitrogens is 3. The number of hydrogen-bond donors (Lipinski definition) is 1.